The maximum absolute atomic E-state index is 5.47. The van der Waals surface area contributed by atoms with Crippen LogP contribution in [0.2, 0.25) is 0 Å². The van der Waals surface area contributed by atoms with Crippen molar-refractivity contribution in [1.82, 2.24) is 10.3 Å². The third kappa shape index (κ3) is 3.49. The van der Waals surface area contributed by atoms with Gasteiger partial charge in [0.2, 0.25) is 0 Å². The van der Waals surface area contributed by atoms with Crippen molar-refractivity contribution in [3.63, 3.8) is 0 Å². The Balaban J connectivity index is 1.89. The first-order chi connectivity index (χ1) is 10.3. The third-order valence-corrected chi connectivity index (χ3v) is 4.16. The topological polar surface area (TPSA) is 34.1 Å². The molecule has 2 heterocycles. The monoisotopic (exact) mass is 282 g/mol. The van der Waals surface area contributed by atoms with Crippen molar-refractivity contribution in [2.45, 2.75) is 31.8 Å². The molecule has 0 saturated carbocycles. The summed E-state index contributed by atoms with van der Waals surface area (Å²) in [5, 5.41) is 3.82. The van der Waals surface area contributed by atoms with Gasteiger partial charge in [0.1, 0.15) is 0 Å². The highest BCUT2D eigenvalue weighted by atomic mass is 16.5. The van der Waals surface area contributed by atoms with E-state index in [0.29, 0.717) is 6.04 Å². The molecule has 0 unspecified atom stereocenters. The van der Waals surface area contributed by atoms with E-state index in [9.17, 15) is 0 Å². The molecule has 1 aromatic carbocycles. The molecule has 0 bridgehead atoms. The predicted octanol–water partition coefficient (Wildman–Crippen LogP) is 3.25. The van der Waals surface area contributed by atoms with Crippen LogP contribution in [0.15, 0.2) is 48.8 Å². The van der Waals surface area contributed by atoms with Crippen molar-refractivity contribution in [3.8, 4) is 0 Å². The maximum Gasteiger partial charge on any atom is 0.0582 e. The summed E-state index contributed by atoms with van der Waals surface area (Å²) in [4.78, 5) is 4.14. The second-order valence-corrected chi connectivity index (χ2v) is 5.62. The molecular formula is C18H22N2O. The van der Waals surface area contributed by atoms with Crippen LogP contribution >= 0.6 is 0 Å². The number of nitrogens with one attached hydrogen (secondary N) is 1. The first-order valence-corrected chi connectivity index (χ1v) is 7.64. The van der Waals surface area contributed by atoms with Crippen LogP contribution in [-0.2, 0) is 4.74 Å². The fourth-order valence-corrected chi connectivity index (χ4v) is 2.93. The molecule has 3 heteroatoms. The fourth-order valence-electron chi connectivity index (χ4n) is 2.93. The van der Waals surface area contributed by atoms with E-state index in [4.69, 9.17) is 4.74 Å². The summed E-state index contributed by atoms with van der Waals surface area (Å²) in [6.07, 6.45) is 5.89. The molecule has 0 aliphatic carbocycles. The van der Waals surface area contributed by atoms with Gasteiger partial charge < -0.3 is 10.1 Å². The SMILES string of the molecule is Cc1ccccc1[C@H](NC1CCOCC1)c1ccncc1. The Hall–Kier alpha value is -1.71. The van der Waals surface area contributed by atoms with Crippen LogP contribution < -0.4 is 5.32 Å². The van der Waals surface area contributed by atoms with Crippen molar-refractivity contribution in [2.24, 2.45) is 0 Å². The lowest BCUT2D eigenvalue weighted by Crippen LogP contribution is -2.38. The smallest absolute Gasteiger partial charge is 0.0582 e. The number of ether oxygens (including phenoxy) is 1. The molecule has 1 saturated heterocycles. The lowest BCUT2D eigenvalue weighted by atomic mass is 9.94. The van der Waals surface area contributed by atoms with Crippen molar-refractivity contribution in [2.75, 3.05) is 13.2 Å². The highest BCUT2D eigenvalue weighted by Crippen LogP contribution is 2.26. The normalized spacial score (nSPS) is 17.6. The van der Waals surface area contributed by atoms with E-state index in [1.54, 1.807) is 0 Å². The minimum absolute atomic E-state index is 0.220. The van der Waals surface area contributed by atoms with Gasteiger partial charge in [-0.2, -0.15) is 0 Å². The summed E-state index contributed by atoms with van der Waals surface area (Å²) < 4.78 is 5.47. The highest BCUT2D eigenvalue weighted by Gasteiger charge is 2.21. The summed E-state index contributed by atoms with van der Waals surface area (Å²) in [6.45, 7) is 3.89. The summed E-state index contributed by atoms with van der Waals surface area (Å²) in [6, 6.07) is 13.5. The number of aryl methyl sites for hydroxylation is 1. The Morgan fingerprint density at radius 2 is 1.81 bits per heavy atom. The molecule has 0 amide bonds. The maximum atomic E-state index is 5.47. The van der Waals surface area contributed by atoms with Gasteiger partial charge in [0.05, 0.1) is 6.04 Å². The second-order valence-electron chi connectivity index (χ2n) is 5.62. The molecule has 1 fully saturated rings. The van der Waals surface area contributed by atoms with Crippen LogP contribution in [-0.4, -0.2) is 24.2 Å². The molecule has 0 radical (unpaired) electrons. The van der Waals surface area contributed by atoms with Crippen LogP contribution in [0.25, 0.3) is 0 Å². The van der Waals surface area contributed by atoms with E-state index in [1.807, 2.05) is 12.4 Å². The molecular weight excluding hydrogens is 260 g/mol. The lowest BCUT2D eigenvalue weighted by Gasteiger charge is -2.30. The van der Waals surface area contributed by atoms with Gasteiger partial charge in [-0.05, 0) is 48.6 Å². The standard InChI is InChI=1S/C18H22N2O/c1-14-4-2-3-5-17(14)18(15-6-10-19-11-7-15)20-16-8-12-21-13-9-16/h2-7,10-11,16,18,20H,8-9,12-13H2,1H3/t18-/m1/s1. The molecule has 21 heavy (non-hydrogen) atoms. The van der Waals surface area contributed by atoms with E-state index in [2.05, 4.69) is 53.6 Å². The van der Waals surface area contributed by atoms with Gasteiger partial charge in [0, 0.05) is 31.6 Å². The van der Waals surface area contributed by atoms with Crippen LogP contribution in [0, 0.1) is 6.92 Å². The number of benzene rings is 1. The van der Waals surface area contributed by atoms with E-state index in [1.165, 1.54) is 16.7 Å². The van der Waals surface area contributed by atoms with Crippen LogP contribution in [0.5, 0.6) is 0 Å². The quantitative estimate of drug-likeness (QED) is 0.934. The fraction of sp³-hybridized carbons (Fsp3) is 0.389. The number of pyridine rings is 1. The Morgan fingerprint density at radius 3 is 2.52 bits per heavy atom. The first kappa shape index (κ1) is 14.2. The number of aromatic nitrogens is 1. The van der Waals surface area contributed by atoms with Crippen LogP contribution in [0.4, 0.5) is 0 Å². The third-order valence-electron chi connectivity index (χ3n) is 4.16. The summed E-state index contributed by atoms with van der Waals surface area (Å²) in [5.74, 6) is 0. The number of rotatable bonds is 4. The zero-order valence-electron chi connectivity index (χ0n) is 12.5. The molecule has 1 N–H and O–H groups in total. The number of hydrogen-bond acceptors (Lipinski definition) is 3. The zero-order chi connectivity index (χ0) is 14.5. The van der Waals surface area contributed by atoms with Crippen molar-refractivity contribution in [1.29, 1.82) is 0 Å². The van der Waals surface area contributed by atoms with Crippen LogP contribution in [0.3, 0.4) is 0 Å². The summed E-state index contributed by atoms with van der Waals surface area (Å²) in [5.41, 5.74) is 3.93. The Kier molecular flexibility index (Phi) is 4.63. The van der Waals surface area contributed by atoms with Crippen molar-refractivity contribution in [3.05, 3.63) is 65.5 Å². The van der Waals surface area contributed by atoms with E-state index < -0.39 is 0 Å². The van der Waals surface area contributed by atoms with Gasteiger partial charge in [-0.1, -0.05) is 24.3 Å². The molecule has 3 rings (SSSR count). The Morgan fingerprint density at radius 1 is 1.10 bits per heavy atom. The molecule has 2 aromatic rings. The lowest BCUT2D eigenvalue weighted by molar-refractivity contribution is 0.0760. The first-order valence-electron chi connectivity index (χ1n) is 7.64. The van der Waals surface area contributed by atoms with E-state index in [-0.39, 0.29) is 6.04 Å². The molecule has 110 valence electrons. The molecule has 3 nitrogen and oxygen atoms in total. The zero-order valence-corrected chi connectivity index (χ0v) is 12.5. The Bertz CT molecular complexity index is 564. The number of hydrogen-bond donors (Lipinski definition) is 1. The number of nitrogens with zero attached hydrogens (tertiary/aromatic N) is 1. The van der Waals surface area contributed by atoms with Gasteiger partial charge in [-0.3, -0.25) is 4.98 Å². The van der Waals surface area contributed by atoms with Gasteiger partial charge >= 0.3 is 0 Å². The molecule has 0 spiro atoms. The van der Waals surface area contributed by atoms with Gasteiger partial charge in [0.15, 0.2) is 0 Å². The molecule has 1 aliphatic heterocycles. The summed E-state index contributed by atoms with van der Waals surface area (Å²) >= 11 is 0. The highest BCUT2D eigenvalue weighted by molar-refractivity contribution is 5.36. The van der Waals surface area contributed by atoms with Gasteiger partial charge in [0.25, 0.3) is 0 Å². The van der Waals surface area contributed by atoms with Crippen molar-refractivity contribution < 1.29 is 4.74 Å². The minimum Gasteiger partial charge on any atom is -0.381 e. The molecule has 1 aromatic heterocycles. The van der Waals surface area contributed by atoms with E-state index >= 15 is 0 Å². The average Bonchev–Trinajstić information content (AvgIpc) is 2.55. The van der Waals surface area contributed by atoms with E-state index in [0.717, 1.165) is 26.1 Å². The Labute approximate surface area is 126 Å². The average molecular weight is 282 g/mol. The van der Waals surface area contributed by atoms with Crippen molar-refractivity contribution >= 4 is 0 Å². The summed E-state index contributed by atoms with van der Waals surface area (Å²) in [7, 11) is 0. The van der Waals surface area contributed by atoms with Gasteiger partial charge in [-0.25, -0.2) is 0 Å². The molecule has 1 atom stereocenters. The molecule has 1 aliphatic rings. The minimum atomic E-state index is 0.220. The van der Waals surface area contributed by atoms with Crippen LogP contribution in [0.1, 0.15) is 35.6 Å². The second kappa shape index (κ2) is 6.83. The van der Waals surface area contributed by atoms with Gasteiger partial charge in [-0.15, -0.1) is 0 Å². The predicted molar refractivity (Wildman–Crippen MR) is 84.2 cm³/mol. The largest absolute Gasteiger partial charge is 0.381 e.